The first-order valence-corrected chi connectivity index (χ1v) is 7.53. The summed E-state index contributed by atoms with van der Waals surface area (Å²) in [6.45, 7) is 0. The van der Waals surface area contributed by atoms with E-state index in [1.54, 1.807) is 16.7 Å². The van der Waals surface area contributed by atoms with E-state index in [0.29, 0.717) is 11.4 Å². The van der Waals surface area contributed by atoms with Gasteiger partial charge in [0.25, 0.3) is 0 Å². The molecule has 4 heteroatoms. The van der Waals surface area contributed by atoms with Crippen LogP contribution in [0.2, 0.25) is 5.02 Å². The number of carbonyl (C=O) groups is 1. The van der Waals surface area contributed by atoms with Gasteiger partial charge in [-0.25, -0.2) is 0 Å². The zero-order valence-corrected chi connectivity index (χ0v) is 12.0. The van der Waals surface area contributed by atoms with E-state index < -0.39 is 0 Å². The van der Waals surface area contributed by atoms with E-state index in [9.17, 15) is 4.79 Å². The minimum Gasteiger partial charge on any atom is -0.279 e. The average Bonchev–Trinajstić information content (AvgIpc) is 2.76. The summed E-state index contributed by atoms with van der Waals surface area (Å²) < 4.78 is 0. The zero-order valence-electron chi connectivity index (χ0n) is 10.5. The van der Waals surface area contributed by atoms with Crippen molar-refractivity contribution < 1.29 is 4.79 Å². The van der Waals surface area contributed by atoms with E-state index in [0.717, 1.165) is 21.8 Å². The van der Waals surface area contributed by atoms with Gasteiger partial charge in [-0.05, 0) is 24.3 Å². The topological polar surface area (TPSA) is 20.3 Å². The molecular weight excluding hydrogens is 290 g/mol. The molecule has 0 spiro atoms. The fourth-order valence-electron chi connectivity index (χ4n) is 2.63. The first-order valence-electron chi connectivity index (χ1n) is 6.34. The molecule has 1 amide bonds. The molecule has 98 valence electrons. The van der Waals surface area contributed by atoms with Gasteiger partial charge in [-0.2, -0.15) is 0 Å². The lowest BCUT2D eigenvalue weighted by Gasteiger charge is -2.20. The highest BCUT2D eigenvalue weighted by molar-refractivity contribution is 7.99. The molecular formula is C16H10ClNOS. The molecule has 0 unspecified atom stereocenters. The van der Waals surface area contributed by atoms with Crippen LogP contribution < -0.4 is 4.90 Å². The third-order valence-electron chi connectivity index (χ3n) is 3.51. The minimum atomic E-state index is 0.0980. The second kappa shape index (κ2) is 4.40. The fraction of sp³-hybridized carbons (Fsp3) is 0.0625. The number of hydrogen-bond acceptors (Lipinski definition) is 2. The fourth-order valence-corrected chi connectivity index (χ4v) is 3.86. The molecule has 0 N–H and O–H groups in total. The number of hydrogen-bond donors (Lipinski definition) is 0. The second-order valence-electron chi connectivity index (χ2n) is 4.73. The first kappa shape index (κ1) is 12.1. The van der Waals surface area contributed by atoms with E-state index >= 15 is 0 Å². The molecule has 20 heavy (non-hydrogen) atoms. The van der Waals surface area contributed by atoms with Crippen molar-refractivity contribution in [3.8, 4) is 0 Å². The number of nitrogens with zero attached hydrogens (tertiary/aromatic N) is 1. The molecule has 0 radical (unpaired) electrons. The molecule has 0 aromatic heterocycles. The van der Waals surface area contributed by atoms with Crippen LogP contribution >= 0.6 is 23.4 Å². The second-order valence-corrected chi connectivity index (χ2v) is 6.25. The van der Waals surface area contributed by atoms with E-state index in [-0.39, 0.29) is 5.91 Å². The van der Waals surface area contributed by atoms with Crippen molar-refractivity contribution in [1.29, 1.82) is 0 Å². The Bertz CT molecular complexity index is 769. The Morgan fingerprint density at radius 1 is 1.10 bits per heavy atom. The van der Waals surface area contributed by atoms with Crippen LogP contribution in [0.15, 0.2) is 58.3 Å². The third kappa shape index (κ3) is 1.70. The predicted molar refractivity (Wildman–Crippen MR) is 82.1 cm³/mol. The predicted octanol–water partition coefficient (Wildman–Crippen LogP) is 4.58. The van der Waals surface area contributed by atoms with Crippen molar-refractivity contribution in [2.75, 3.05) is 4.90 Å². The molecule has 2 nitrogen and oxygen atoms in total. The van der Waals surface area contributed by atoms with Gasteiger partial charge in [0.15, 0.2) is 0 Å². The Balaban J connectivity index is 2.02. The van der Waals surface area contributed by atoms with Crippen molar-refractivity contribution >= 4 is 40.7 Å². The van der Waals surface area contributed by atoms with Crippen molar-refractivity contribution in [3.63, 3.8) is 0 Å². The molecule has 0 saturated carbocycles. The lowest BCUT2D eigenvalue weighted by atomic mass is 10.1. The van der Waals surface area contributed by atoms with Gasteiger partial charge < -0.3 is 0 Å². The van der Waals surface area contributed by atoms with Gasteiger partial charge in [-0.1, -0.05) is 47.6 Å². The summed E-state index contributed by atoms with van der Waals surface area (Å²) in [6.07, 6.45) is 2.44. The minimum absolute atomic E-state index is 0.0980. The number of halogens is 1. The van der Waals surface area contributed by atoms with Crippen LogP contribution in [0.5, 0.6) is 0 Å². The molecule has 0 fully saturated rings. The third-order valence-corrected chi connectivity index (χ3v) is 4.88. The van der Waals surface area contributed by atoms with Gasteiger partial charge in [-0.15, -0.1) is 0 Å². The van der Waals surface area contributed by atoms with Crippen LogP contribution in [-0.4, -0.2) is 5.91 Å². The standard InChI is InChI=1S/C16H10ClNOS/c17-10-5-7-15-13(9-10)18-12(6-8-16(18)19)11-3-1-2-4-14(11)20-15/h1-7,9H,8H2. The maximum absolute atomic E-state index is 12.3. The van der Waals surface area contributed by atoms with Crippen LogP contribution in [0, 0.1) is 0 Å². The first-order chi connectivity index (χ1) is 9.74. The summed E-state index contributed by atoms with van der Waals surface area (Å²) in [7, 11) is 0. The van der Waals surface area contributed by atoms with Crippen LogP contribution in [0.1, 0.15) is 12.0 Å². The van der Waals surface area contributed by atoms with Crippen LogP contribution in [0.4, 0.5) is 5.69 Å². The molecule has 2 aliphatic rings. The Morgan fingerprint density at radius 3 is 2.85 bits per heavy atom. The largest absolute Gasteiger partial charge is 0.279 e. The highest BCUT2D eigenvalue weighted by Gasteiger charge is 2.32. The average molecular weight is 300 g/mol. The number of amides is 1. The highest BCUT2D eigenvalue weighted by Crippen LogP contribution is 2.47. The maximum Gasteiger partial charge on any atom is 0.235 e. The highest BCUT2D eigenvalue weighted by atomic mass is 35.5. The van der Waals surface area contributed by atoms with E-state index in [4.69, 9.17) is 11.6 Å². The summed E-state index contributed by atoms with van der Waals surface area (Å²) in [5.41, 5.74) is 2.96. The number of anilines is 1. The summed E-state index contributed by atoms with van der Waals surface area (Å²) in [5.74, 6) is 0.0980. The van der Waals surface area contributed by atoms with Gasteiger partial charge in [0.2, 0.25) is 5.91 Å². The number of benzene rings is 2. The molecule has 2 aromatic rings. The van der Waals surface area contributed by atoms with E-state index in [1.807, 2.05) is 36.4 Å². The molecule has 0 atom stereocenters. The van der Waals surface area contributed by atoms with Crippen LogP contribution in [-0.2, 0) is 4.79 Å². The number of rotatable bonds is 0. The van der Waals surface area contributed by atoms with E-state index in [2.05, 4.69) is 12.1 Å². The molecule has 0 saturated heterocycles. The van der Waals surface area contributed by atoms with Crippen molar-refractivity contribution in [2.45, 2.75) is 16.2 Å². The molecule has 0 bridgehead atoms. The lowest BCUT2D eigenvalue weighted by Crippen LogP contribution is -2.23. The van der Waals surface area contributed by atoms with Crippen LogP contribution in [0.25, 0.3) is 5.70 Å². The number of carbonyl (C=O) groups excluding carboxylic acids is 1. The summed E-state index contributed by atoms with van der Waals surface area (Å²) in [6, 6.07) is 13.9. The van der Waals surface area contributed by atoms with Crippen molar-refractivity contribution in [3.05, 3.63) is 59.1 Å². The van der Waals surface area contributed by atoms with Crippen molar-refractivity contribution in [2.24, 2.45) is 0 Å². The van der Waals surface area contributed by atoms with Gasteiger partial charge in [0.05, 0.1) is 11.4 Å². The van der Waals surface area contributed by atoms with Crippen molar-refractivity contribution in [1.82, 2.24) is 0 Å². The van der Waals surface area contributed by atoms with Gasteiger partial charge in [0.1, 0.15) is 0 Å². The molecule has 4 rings (SSSR count). The SMILES string of the molecule is O=C1CC=C2c3ccccc3Sc3ccc(Cl)cc3N12. The molecule has 2 aromatic carbocycles. The monoisotopic (exact) mass is 299 g/mol. The van der Waals surface area contributed by atoms with Gasteiger partial charge >= 0.3 is 0 Å². The summed E-state index contributed by atoms with van der Waals surface area (Å²) in [4.78, 5) is 16.3. The summed E-state index contributed by atoms with van der Waals surface area (Å²) >= 11 is 7.79. The Kier molecular flexibility index (Phi) is 2.65. The van der Waals surface area contributed by atoms with E-state index in [1.165, 1.54) is 4.90 Å². The normalized spacial score (nSPS) is 16.1. The smallest absolute Gasteiger partial charge is 0.235 e. The van der Waals surface area contributed by atoms with Gasteiger partial charge in [-0.3, -0.25) is 9.69 Å². The summed E-state index contributed by atoms with van der Waals surface area (Å²) in [5, 5.41) is 0.648. The molecule has 2 heterocycles. The Hall–Kier alpha value is -1.71. The maximum atomic E-state index is 12.3. The zero-order chi connectivity index (χ0) is 13.7. The Morgan fingerprint density at radius 2 is 1.95 bits per heavy atom. The number of fused-ring (bicyclic) bond motifs is 5. The molecule has 2 aliphatic heterocycles. The quantitative estimate of drug-likeness (QED) is 0.709. The Labute approximate surface area is 126 Å². The lowest BCUT2D eigenvalue weighted by molar-refractivity contribution is -0.116. The van der Waals surface area contributed by atoms with Gasteiger partial charge in [0, 0.05) is 26.8 Å². The van der Waals surface area contributed by atoms with Crippen LogP contribution in [0.3, 0.4) is 0 Å². The molecule has 0 aliphatic carbocycles.